The van der Waals surface area contributed by atoms with Crippen LogP contribution >= 0.6 is 0 Å². The number of hydrogen-bond acceptors (Lipinski definition) is 2. The maximum atomic E-state index is 14.0. The fourth-order valence-corrected chi connectivity index (χ4v) is 2.45. The van der Waals surface area contributed by atoms with Crippen LogP contribution in [-0.2, 0) is 6.54 Å². The predicted molar refractivity (Wildman–Crippen MR) is 69.7 cm³/mol. The van der Waals surface area contributed by atoms with Crippen LogP contribution in [0.1, 0.15) is 19.4 Å². The summed E-state index contributed by atoms with van der Waals surface area (Å²) < 4.78 is 14.0. The first kappa shape index (κ1) is 12.4. The van der Waals surface area contributed by atoms with E-state index < -0.39 is 0 Å². The third-order valence-electron chi connectivity index (χ3n) is 3.72. The van der Waals surface area contributed by atoms with Crippen molar-refractivity contribution in [2.24, 2.45) is 11.8 Å². The zero-order valence-corrected chi connectivity index (χ0v) is 10.8. The number of hydrogen-bond donors (Lipinski definition) is 1. The molecule has 0 aliphatic carbocycles. The monoisotopic (exact) mass is 236 g/mol. The molecule has 0 bridgehead atoms. The van der Waals surface area contributed by atoms with Gasteiger partial charge >= 0.3 is 0 Å². The van der Waals surface area contributed by atoms with Crippen LogP contribution in [0.15, 0.2) is 18.2 Å². The molecule has 0 aromatic heterocycles. The number of rotatable bonds is 3. The third kappa shape index (κ3) is 2.60. The van der Waals surface area contributed by atoms with Gasteiger partial charge in [0.15, 0.2) is 0 Å². The van der Waals surface area contributed by atoms with E-state index >= 15 is 0 Å². The van der Waals surface area contributed by atoms with Gasteiger partial charge in [0.1, 0.15) is 5.82 Å². The lowest BCUT2D eigenvalue weighted by Crippen LogP contribution is -2.21. The van der Waals surface area contributed by atoms with Gasteiger partial charge in [-0.15, -0.1) is 0 Å². The van der Waals surface area contributed by atoms with Crippen LogP contribution in [0.3, 0.4) is 0 Å². The summed E-state index contributed by atoms with van der Waals surface area (Å²) >= 11 is 0. The highest BCUT2D eigenvalue weighted by atomic mass is 19.1. The van der Waals surface area contributed by atoms with Crippen molar-refractivity contribution < 1.29 is 4.39 Å². The van der Waals surface area contributed by atoms with Crippen molar-refractivity contribution in [3.8, 4) is 0 Å². The molecule has 3 heteroatoms. The molecule has 1 saturated heterocycles. The molecule has 1 heterocycles. The quantitative estimate of drug-likeness (QED) is 0.868. The van der Waals surface area contributed by atoms with Crippen molar-refractivity contribution >= 4 is 5.69 Å². The Hall–Kier alpha value is -1.09. The highest BCUT2D eigenvalue weighted by Crippen LogP contribution is 2.29. The SMILES string of the molecule is CNCc1ccc(N2CC(C)C(C)C2)c(F)c1. The zero-order chi connectivity index (χ0) is 12.4. The molecule has 2 unspecified atom stereocenters. The molecule has 17 heavy (non-hydrogen) atoms. The van der Waals surface area contributed by atoms with Crippen LogP contribution in [0.4, 0.5) is 10.1 Å². The summed E-state index contributed by atoms with van der Waals surface area (Å²) in [7, 11) is 1.87. The summed E-state index contributed by atoms with van der Waals surface area (Å²) in [5.41, 5.74) is 1.75. The molecule has 1 fully saturated rings. The maximum absolute atomic E-state index is 14.0. The van der Waals surface area contributed by atoms with Crippen molar-refractivity contribution in [3.05, 3.63) is 29.6 Å². The summed E-state index contributed by atoms with van der Waals surface area (Å²) in [6.07, 6.45) is 0. The summed E-state index contributed by atoms with van der Waals surface area (Å²) in [4.78, 5) is 2.16. The van der Waals surface area contributed by atoms with E-state index in [2.05, 4.69) is 24.1 Å². The molecule has 1 aliphatic heterocycles. The largest absolute Gasteiger partial charge is 0.369 e. The van der Waals surface area contributed by atoms with Gasteiger partial charge in [0.05, 0.1) is 5.69 Å². The third-order valence-corrected chi connectivity index (χ3v) is 3.72. The molecule has 0 amide bonds. The second-order valence-corrected chi connectivity index (χ2v) is 5.18. The molecule has 1 aromatic rings. The van der Waals surface area contributed by atoms with Gasteiger partial charge in [-0.05, 0) is 36.6 Å². The minimum absolute atomic E-state index is 0.0981. The summed E-state index contributed by atoms with van der Waals surface area (Å²) in [5.74, 6) is 1.19. The summed E-state index contributed by atoms with van der Waals surface area (Å²) in [6.45, 7) is 7.10. The Balaban J connectivity index is 2.17. The lowest BCUT2D eigenvalue weighted by molar-refractivity contribution is 0.494. The second kappa shape index (κ2) is 5.05. The Bertz CT molecular complexity index is 382. The van der Waals surface area contributed by atoms with Crippen LogP contribution in [0.2, 0.25) is 0 Å². The fourth-order valence-electron chi connectivity index (χ4n) is 2.45. The Morgan fingerprint density at radius 2 is 1.94 bits per heavy atom. The Labute approximate surface area is 103 Å². The summed E-state index contributed by atoms with van der Waals surface area (Å²) in [5, 5.41) is 3.03. The van der Waals surface area contributed by atoms with Gasteiger partial charge in [-0.25, -0.2) is 4.39 Å². The Morgan fingerprint density at radius 1 is 1.29 bits per heavy atom. The van der Waals surface area contributed by atoms with E-state index in [-0.39, 0.29) is 5.82 Å². The average Bonchev–Trinajstić information content (AvgIpc) is 2.59. The van der Waals surface area contributed by atoms with Gasteiger partial charge in [0.25, 0.3) is 0 Å². The minimum atomic E-state index is -0.0981. The lowest BCUT2D eigenvalue weighted by atomic mass is 10.0. The predicted octanol–water partition coefficient (Wildman–Crippen LogP) is 2.64. The summed E-state index contributed by atoms with van der Waals surface area (Å²) in [6, 6.07) is 5.55. The number of nitrogens with zero attached hydrogens (tertiary/aromatic N) is 1. The van der Waals surface area contributed by atoms with Crippen LogP contribution in [0.25, 0.3) is 0 Å². The highest BCUT2D eigenvalue weighted by molar-refractivity contribution is 5.50. The van der Waals surface area contributed by atoms with Crippen LogP contribution in [0, 0.1) is 17.7 Å². The van der Waals surface area contributed by atoms with E-state index in [4.69, 9.17) is 0 Å². The highest BCUT2D eigenvalue weighted by Gasteiger charge is 2.27. The van der Waals surface area contributed by atoms with E-state index in [9.17, 15) is 4.39 Å². The van der Waals surface area contributed by atoms with Gasteiger partial charge in [-0.3, -0.25) is 0 Å². The Morgan fingerprint density at radius 3 is 2.47 bits per heavy atom. The topological polar surface area (TPSA) is 15.3 Å². The first-order valence-electron chi connectivity index (χ1n) is 6.29. The molecule has 1 aliphatic rings. The molecule has 0 saturated carbocycles. The standard InChI is InChI=1S/C14H21FN2/c1-10-8-17(9-11(10)2)14-5-4-12(7-16-3)6-13(14)15/h4-6,10-11,16H,7-9H2,1-3H3. The fraction of sp³-hybridized carbons (Fsp3) is 0.571. The lowest BCUT2D eigenvalue weighted by Gasteiger charge is -2.19. The smallest absolute Gasteiger partial charge is 0.146 e. The van der Waals surface area contributed by atoms with E-state index in [1.807, 2.05) is 19.2 Å². The zero-order valence-electron chi connectivity index (χ0n) is 10.8. The number of benzene rings is 1. The van der Waals surface area contributed by atoms with Crippen molar-refractivity contribution in [1.29, 1.82) is 0 Å². The maximum Gasteiger partial charge on any atom is 0.146 e. The van der Waals surface area contributed by atoms with Gasteiger partial charge in [-0.1, -0.05) is 19.9 Å². The van der Waals surface area contributed by atoms with E-state index in [1.54, 1.807) is 6.07 Å². The van der Waals surface area contributed by atoms with Gasteiger partial charge in [0.2, 0.25) is 0 Å². The average molecular weight is 236 g/mol. The number of anilines is 1. The first-order chi connectivity index (χ1) is 8.11. The van der Waals surface area contributed by atoms with Crippen LogP contribution in [-0.4, -0.2) is 20.1 Å². The van der Waals surface area contributed by atoms with Crippen molar-refractivity contribution in [3.63, 3.8) is 0 Å². The number of halogens is 1. The van der Waals surface area contributed by atoms with Crippen molar-refractivity contribution in [2.45, 2.75) is 20.4 Å². The molecule has 1 aromatic carbocycles. The second-order valence-electron chi connectivity index (χ2n) is 5.18. The van der Waals surface area contributed by atoms with Crippen LogP contribution < -0.4 is 10.2 Å². The van der Waals surface area contributed by atoms with Gasteiger partial charge < -0.3 is 10.2 Å². The molecular formula is C14H21FN2. The Kier molecular flexibility index (Phi) is 3.67. The molecule has 2 atom stereocenters. The number of nitrogens with one attached hydrogen (secondary N) is 1. The first-order valence-corrected chi connectivity index (χ1v) is 6.29. The van der Waals surface area contributed by atoms with Gasteiger partial charge in [0, 0.05) is 19.6 Å². The molecule has 0 spiro atoms. The van der Waals surface area contributed by atoms with Crippen molar-refractivity contribution in [1.82, 2.24) is 5.32 Å². The van der Waals surface area contributed by atoms with Crippen molar-refractivity contribution in [2.75, 3.05) is 25.0 Å². The normalized spacial score (nSPS) is 24.4. The van der Waals surface area contributed by atoms with Gasteiger partial charge in [-0.2, -0.15) is 0 Å². The molecule has 1 N–H and O–H groups in total. The molecule has 0 radical (unpaired) electrons. The van der Waals surface area contributed by atoms with E-state index in [0.717, 1.165) is 24.3 Å². The molecular weight excluding hydrogens is 215 g/mol. The molecule has 94 valence electrons. The minimum Gasteiger partial charge on any atom is -0.369 e. The van der Waals surface area contributed by atoms with Crippen LogP contribution in [0.5, 0.6) is 0 Å². The van der Waals surface area contributed by atoms with E-state index in [0.29, 0.717) is 18.4 Å². The molecule has 2 nitrogen and oxygen atoms in total. The molecule has 2 rings (SSSR count). The van der Waals surface area contributed by atoms with E-state index in [1.165, 1.54) is 0 Å².